The van der Waals surface area contributed by atoms with E-state index in [-0.39, 0.29) is 36.3 Å². The van der Waals surface area contributed by atoms with Crippen molar-refractivity contribution in [3.63, 3.8) is 0 Å². The topological polar surface area (TPSA) is 223 Å². The first-order valence-electron chi connectivity index (χ1n) is 21.7. The molecule has 0 bridgehead atoms. The van der Waals surface area contributed by atoms with Crippen LogP contribution in [0.4, 0.5) is 0 Å². The molecule has 0 unspecified atom stereocenters. The van der Waals surface area contributed by atoms with Crippen molar-refractivity contribution in [3.05, 3.63) is 29.8 Å². The third-order valence-electron chi connectivity index (χ3n) is 13.8. The van der Waals surface area contributed by atoms with Crippen molar-refractivity contribution < 1.29 is 67.2 Å². The lowest BCUT2D eigenvalue weighted by Crippen LogP contribution is -2.62. The number of sulfonamides is 1. The smallest absolute Gasteiger partial charge is 0.311 e. The van der Waals surface area contributed by atoms with Gasteiger partial charge in [0.1, 0.15) is 23.9 Å². The lowest BCUT2D eigenvalue weighted by Gasteiger charge is -2.49. The molecule has 0 amide bonds. The molecular weight excluding hydrogens is 813 g/mol. The summed E-state index contributed by atoms with van der Waals surface area (Å²) >= 11 is 0. The van der Waals surface area contributed by atoms with Crippen molar-refractivity contribution in [2.24, 2.45) is 23.7 Å². The van der Waals surface area contributed by atoms with Gasteiger partial charge in [-0.2, -0.15) is 0 Å². The maximum atomic E-state index is 14.4. The summed E-state index contributed by atoms with van der Waals surface area (Å²) in [4.78, 5) is 16.3. The van der Waals surface area contributed by atoms with E-state index in [2.05, 4.69) is 4.72 Å². The van der Waals surface area contributed by atoms with E-state index in [1.165, 1.54) is 27.0 Å². The Morgan fingerprint density at radius 2 is 1.54 bits per heavy atom. The molecule has 352 valence electrons. The minimum Gasteiger partial charge on any atom is -0.459 e. The molecule has 1 aromatic rings. The third-order valence-corrected chi connectivity index (χ3v) is 15.4. The van der Waals surface area contributed by atoms with Gasteiger partial charge in [0.2, 0.25) is 10.0 Å². The number of carbonyl (C=O) groups excluding carboxylic acids is 1. The lowest BCUT2D eigenvalue weighted by molar-refractivity contribution is -0.318. The Labute approximate surface area is 363 Å². The van der Waals surface area contributed by atoms with Gasteiger partial charge in [0, 0.05) is 37.5 Å². The summed E-state index contributed by atoms with van der Waals surface area (Å²) in [6, 6.07) is 4.99. The molecule has 0 radical (unpaired) electrons. The minimum absolute atomic E-state index is 0.0235. The molecule has 0 aromatic heterocycles. The highest BCUT2D eigenvalue weighted by Gasteiger charge is 2.54. The van der Waals surface area contributed by atoms with Gasteiger partial charge < -0.3 is 58.9 Å². The SMILES string of the molecule is CC[C@H]1OC(=O)[C@H](C)[C@@H](O[C@H]2C[C@@](C)(OC)[C@@H](O)[C@H](C)O2)[C@@H](C)[C@@H](O[C@@H]2O[C@H](C)C[C@H](N(C)C)[C@H]2O)[C@](C)(O)C[C@@H](C)[C@H](NS(=O)(=O)c2ccccc2C)[C@H](C)[C@H](O)[C@]1(C)O. The van der Waals surface area contributed by atoms with E-state index in [0.717, 1.165) is 0 Å². The van der Waals surface area contributed by atoms with Gasteiger partial charge in [0.25, 0.3) is 0 Å². The maximum Gasteiger partial charge on any atom is 0.311 e. The average Bonchev–Trinajstić information content (AvgIpc) is 3.18. The van der Waals surface area contributed by atoms with E-state index in [1.54, 1.807) is 73.6 Å². The molecule has 17 heteroatoms. The Morgan fingerprint density at radius 3 is 2.11 bits per heavy atom. The van der Waals surface area contributed by atoms with E-state index >= 15 is 0 Å². The first kappa shape index (κ1) is 51.8. The van der Waals surface area contributed by atoms with Gasteiger partial charge >= 0.3 is 5.97 Å². The van der Waals surface area contributed by atoms with Crippen LogP contribution in [0.5, 0.6) is 0 Å². The molecule has 61 heavy (non-hydrogen) atoms. The molecule has 3 fully saturated rings. The van der Waals surface area contributed by atoms with Gasteiger partial charge in [-0.1, -0.05) is 45.9 Å². The molecular formula is C44H76N2O14S. The highest BCUT2D eigenvalue weighted by atomic mass is 32.2. The Kier molecular flexibility index (Phi) is 17.1. The van der Waals surface area contributed by atoms with Crippen LogP contribution in [0.25, 0.3) is 0 Å². The predicted molar refractivity (Wildman–Crippen MR) is 227 cm³/mol. The van der Waals surface area contributed by atoms with Crippen molar-refractivity contribution in [1.82, 2.24) is 9.62 Å². The number of aliphatic hydroxyl groups is 5. The second-order valence-corrected chi connectivity index (χ2v) is 20.8. The van der Waals surface area contributed by atoms with Gasteiger partial charge in [-0.3, -0.25) is 4.79 Å². The fourth-order valence-corrected chi connectivity index (χ4v) is 11.6. The molecule has 0 spiro atoms. The minimum atomic E-state index is -4.25. The fourth-order valence-electron chi connectivity index (χ4n) is 9.93. The van der Waals surface area contributed by atoms with Crippen LogP contribution in [0.3, 0.4) is 0 Å². The number of aliphatic hydroxyl groups excluding tert-OH is 3. The first-order chi connectivity index (χ1) is 28.1. The van der Waals surface area contributed by atoms with Crippen molar-refractivity contribution >= 4 is 16.0 Å². The zero-order valence-electron chi connectivity index (χ0n) is 38.6. The molecule has 3 aliphatic heterocycles. The lowest BCUT2D eigenvalue weighted by atomic mass is 9.72. The number of likely N-dealkylation sites (N-methyl/N-ethyl adjacent to an activating group) is 1. The van der Waals surface area contributed by atoms with Gasteiger partial charge in [-0.25, -0.2) is 13.1 Å². The molecule has 1 aromatic carbocycles. The Balaban J connectivity index is 1.91. The molecule has 16 nitrogen and oxygen atoms in total. The number of benzene rings is 1. The van der Waals surface area contributed by atoms with Crippen molar-refractivity contribution in [2.75, 3.05) is 21.2 Å². The summed E-state index contributed by atoms with van der Waals surface area (Å²) in [5, 5.41) is 59.8. The number of nitrogens with one attached hydrogen (secondary N) is 1. The van der Waals surface area contributed by atoms with Crippen LogP contribution in [0, 0.1) is 30.6 Å². The number of nitrogens with zero attached hydrogens (tertiary/aromatic N) is 1. The van der Waals surface area contributed by atoms with Crippen molar-refractivity contribution in [1.29, 1.82) is 0 Å². The zero-order chi connectivity index (χ0) is 46.2. The molecule has 3 aliphatic rings. The van der Waals surface area contributed by atoms with E-state index in [4.69, 9.17) is 28.4 Å². The molecule has 19 atom stereocenters. The summed E-state index contributed by atoms with van der Waals surface area (Å²) in [7, 11) is 0.906. The maximum absolute atomic E-state index is 14.4. The number of rotatable bonds is 10. The van der Waals surface area contributed by atoms with Crippen molar-refractivity contribution in [2.45, 2.75) is 197 Å². The van der Waals surface area contributed by atoms with Crippen LogP contribution < -0.4 is 4.72 Å². The molecule has 4 rings (SSSR count). The second kappa shape index (κ2) is 20.1. The first-order valence-corrected chi connectivity index (χ1v) is 23.2. The highest BCUT2D eigenvalue weighted by molar-refractivity contribution is 7.89. The fraction of sp³-hybridized carbons (Fsp3) is 0.841. The number of hydrogen-bond acceptors (Lipinski definition) is 15. The number of cyclic esters (lactones) is 1. The van der Waals surface area contributed by atoms with Gasteiger partial charge in [0.05, 0.1) is 52.5 Å². The Hall–Kier alpha value is -1.84. The summed E-state index contributed by atoms with van der Waals surface area (Å²) in [5.74, 6) is -4.59. The van der Waals surface area contributed by atoms with Crippen LogP contribution in [0.2, 0.25) is 0 Å². The summed E-state index contributed by atoms with van der Waals surface area (Å²) < 4.78 is 68.9. The molecule has 6 N–H and O–H groups in total. The second-order valence-electron chi connectivity index (χ2n) is 19.1. The number of esters is 1. The van der Waals surface area contributed by atoms with Crippen LogP contribution in [-0.2, 0) is 43.2 Å². The van der Waals surface area contributed by atoms with Crippen LogP contribution in [0.1, 0.15) is 100 Å². The van der Waals surface area contributed by atoms with E-state index in [1.807, 2.05) is 25.9 Å². The molecule has 3 heterocycles. The number of ether oxygens (including phenoxy) is 6. The average molecular weight is 889 g/mol. The van der Waals surface area contributed by atoms with Crippen LogP contribution in [-0.4, -0.2) is 156 Å². The summed E-state index contributed by atoms with van der Waals surface area (Å²) in [6.07, 6.45) is -10.4. The largest absolute Gasteiger partial charge is 0.459 e. The predicted octanol–water partition coefficient (Wildman–Crippen LogP) is 2.87. The van der Waals surface area contributed by atoms with Crippen LogP contribution in [0.15, 0.2) is 29.2 Å². The van der Waals surface area contributed by atoms with Gasteiger partial charge in [-0.05, 0) is 99.4 Å². The monoisotopic (exact) mass is 889 g/mol. The van der Waals surface area contributed by atoms with Gasteiger partial charge in [0.15, 0.2) is 12.6 Å². The molecule has 0 saturated carbocycles. The number of aryl methyl sites for hydroxylation is 1. The quantitative estimate of drug-likeness (QED) is 0.186. The molecule has 3 saturated heterocycles. The van der Waals surface area contributed by atoms with E-state index < -0.39 is 118 Å². The Morgan fingerprint density at radius 1 is 0.918 bits per heavy atom. The number of hydrogen-bond donors (Lipinski definition) is 6. The standard InChI is InChI=1S/C44H76N2O14S/c1-15-32-44(11,52)37(48)26(5)34(45-61(53,54)31-19-17-16-18-23(31)2)24(3)21-42(9,51)39(60-41-35(47)30(46(12)13)20-25(4)56-41)27(6)36(28(7)40(50)58-32)59-33-22-43(10,55-14)38(49)29(8)57-33/h16-19,24-30,32-39,41,45,47-49,51-52H,15,20-22H2,1-14H3/t24-,25-,26+,27-,28-,29+,30+,32-,33+,34+,35-,36+,37+,38+,39-,41+,42-,43-,44-/m1/s1. The van der Waals surface area contributed by atoms with Crippen LogP contribution >= 0.6 is 0 Å². The summed E-state index contributed by atoms with van der Waals surface area (Å²) in [5.41, 5.74) is -4.56. The van der Waals surface area contributed by atoms with Gasteiger partial charge in [-0.15, -0.1) is 0 Å². The zero-order valence-corrected chi connectivity index (χ0v) is 39.5. The normalized spacial score (nSPS) is 45.0. The number of methoxy groups -OCH3 is 1. The Bertz CT molecular complexity index is 1710. The van der Waals surface area contributed by atoms with E-state index in [0.29, 0.717) is 12.0 Å². The molecule has 0 aliphatic carbocycles. The number of carbonyl (C=O) groups is 1. The van der Waals surface area contributed by atoms with E-state index in [9.17, 15) is 38.7 Å². The summed E-state index contributed by atoms with van der Waals surface area (Å²) in [6.45, 7) is 18.2. The van der Waals surface area contributed by atoms with Crippen molar-refractivity contribution in [3.8, 4) is 0 Å². The third kappa shape index (κ3) is 11.3. The highest BCUT2D eigenvalue weighted by Crippen LogP contribution is 2.41.